The Balaban J connectivity index is 0.00000484. The Morgan fingerprint density at radius 1 is 0.826 bits per heavy atom. The van der Waals surface area contributed by atoms with Crippen LogP contribution in [-0.4, -0.2) is 6.54 Å². The van der Waals surface area contributed by atoms with E-state index in [2.05, 4.69) is 43.1 Å². The molecule has 0 amide bonds. The number of quaternary nitrogens is 1. The van der Waals surface area contributed by atoms with Gasteiger partial charge in [0.25, 0.3) is 0 Å². The van der Waals surface area contributed by atoms with Gasteiger partial charge in [-0.05, 0) is 18.4 Å². The van der Waals surface area contributed by atoms with Crippen molar-refractivity contribution in [2.45, 2.75) is 77.7 Å². The maximum absolute atomic E-state index is 3.79. The Bertz CT molecular complexity index is 372. The van der Waals surface area contributed by atoms with Gasteiger partial charge in [0.1, 0.15) is 6.54 Å². The van der Waals surface area contributed by atoms with Crippen molar-refractivity contribution >= 4 is 6.08 Å². The molecular formula is C21H36ClN. The fourth-order valence-electron chi connectivity index (χ4n) is 2.83. The number of hydrogen-bond donors (Lipinski definition) is 1. The van der Waals surface area contributed by atoms with Crippen molar-refractivity contribution in [1.82, 2.24) is 0 Å². The van der Waals surface area contributed by atoms with E-state index in [-0.39, 0.29) is 12.4 Å². The fraction of sp³-hybridized carbons (Fsp3) is 0.619. The molecule has 0 atom stereocenters. The molecule has 0 saturated heterocycles. The van der Waals surface area contributed by atoms with Crippen molar-refractivity contribution in [2.75, 3.05) is 6.54 Å². The van der Waals surface area contributed by atoms with E-state index in [0.29, 0.717) is 0 Å². The number of hydrogen-bond acceptors (Lipinski definition) is 0. The van der Waals surface area contributed by atoms with E-state index in [9.17, 15) is 0 Å². The third kappa shape index (κ3) is 12.3. The maximum Gasteiger partial charge on any atom is 0.101 e. The Hall–Kier alpha value is -0.790. The van der Waals surface area contributed by atoms with Gasteiger partial charge in [0.2, 0.25) is 0 Å². The largest absolute Gasteiger partial charge is 1.00 e. The quantitative estimate of drug-likeness (QED) is 0.502. The fourth-order valence-corrected chi connectivity index (χ4v) is 2.83. The van der Waals surface area contributed by atoms with Crippen LogP contribution in [0, 0.1) is 0 Å². The highest BCUT2D eigenvalue weighted by molar-refractivity contribution is 5.46. The van der Waals surface area contributed by atoms with Gasteiger partial charge in [-0.3, -0.25) is 0 Å². The highest BCUT2D eigenvalue weighted by Gasteiger charge is 1.97. The highest BCUT2D eigenvalue weighted by Crippen LogP contribution is 2.10. The third-order valence-electron chi connectivity index (χ3n) is 4.36. The molecule has 1 aromatic rings. The van der Waals surface area contributed by atoms with Crippen LogP contribution in [0.15, 0.2) is 30.8 Å². The van der Waals surface area contributed by atoms with Crippen LogP contribution in [0.4, 0.5) is 0 Å². The Labute approximate surface area is 150 Å². The smallest absolute Gasteiger partial charge is 0.101 e. The molecule has 2 heteroatoms. The van der Waals surface area contributed by atoms with Crippen molar-refractivity contribution in [3.8, 4) is 0 Å². The van der Waals surface area contributed by atoms with Crippen LogP contribution in [0.2, 0.25) is 0 Å². The number of halogens is 1. The second-order valence-electron chi connectivity index (χ2n) is 6.41. The topological polar surface area (TPSA) is 16.6 Å². The molecule has 0 fully saturated rings. The lowest BCUT2D eigenvalue weighted by Gasteiger charge is -2.04. The number of rotatable bonds is 14. The minimum absolute atomic E-state index is 0. The van der Waals surface area contributed by atoms with E-state index < -0.39 is 0 Å². The zero-order valence-electron chi connectivity index (χ0n) is 15.0. The molecule has 132 valence electrons. The van der Waals surface area contributed by atoms with Gasteiger partial charge in [-0.25, -0.2) is 0 Å². The molecule has 0 saturated carbocycles. The molecule has 1 rings (SSSR count). The average molecular weight is 338 g/mol. The summed E-state index contributed by atoms with van der Waals surface area (Å²) in [6.45, 7) is 8.44. The average Bonchev–Trinajstić information content (AvgIpc) is 2.56. The summed E-state index contributed by atoms with van der Waals surface area (Å²) in [4.78, 5) is 0. The van der Waals surface area contributed by atoms with Crippen LogP contribution in [-0.2, 0) is 6.54 Å². The summed E-state index contributed by atoms with van der Waals surface area (Å²) in [5, 5.41) is 2.44. The molecule has 0 heterocycles. The summed E-state index contributed by atoms with van der Waals surface area (Å²) >= 11 is 0. The van der Waals surface area contributed by atoms with Gasteiger partial charge in [-0.2, -0.15) is 0 Å². The van der Waals surface area contributed by atoms with Gasteiger partial charge in [0, 0.05) is 5.56 Å². The SMILES string of the molecule is C=Cc1ccc(C[NH2+]CCCCCCCCCCCC)cc1.[Cl-]. The first-order valence-electron chi connectivity index (χ1n) is 9.40. The maximum atomic E-state index is 3.79. The van der Waals surface area contributed by atoms with E-state index in [0.717, 1.165) is 6.54 Å². The lowest BCUT2D eigenvalue weighted by molar-refractivity contribution is -0.671. The van der Waals surface area contributed by atoms with Gasteiger partial charge in [-0.15, -0.1) is 0 Å². The first kappa shape index (κ1) is 22.2. The lowest BCUT2D eigenvalue weighted by atomic mass is 10.1. The summed E-state index contributed by atoms with van der Waals surface area (Å²) in [5.41, 5.74) is 2.62. The molecule has 1 aromatic carbocycles. The minimum atomic E-state index is 0. The molecule has 0 aromatic heterocycles. The standard InChI is InChI=1S/C21H35N.ClH/c1-3-5-6-7-8-9-10-11-12-13-18-22-19-21-16-14-20(4-2)15-17-21;/h4,14-17,22H,2-3,5-13,18-19H2,1H3;1H. The van der Waals surface area contributed by atoms with E-state index in [1.807, 2.05) is 6.08 Å². The monoisotopic (exact) mass is 337 g/mol. The van der Waals surface area contributed by atoms with Gasteiger partial charge in [-0.1, -0.05) is 95.2 Å². The molecule has 0 aliphatic heterocycles. The summed E-state index contributed by atoms with van der Waals surface area (Å²) < 4.78 is 0. The summed E-state index contributed by atoms with van der Waals surface area (Å²) in [5.74, 6) is 0. The Kier molecular flexibility index (Phi) is 15.5. The predicted molar refractivity (Wildman–Crippen MR) is 98.9 cm³/mol. The van der Waals surface area contributed by atoms with Crippen molar-refractivity contribution in [3.63, 3.8) is 0 Å². The number of benzene rings is 1. The molecule has 0 bridgehead atoms. The van der Waals surface area contributed by atoms with E-state index in [1.165, 1.54) is 81.9 Å². The van der Waals surface area contributed by atoms with Crippen LogP contribution < -0.4 is 17.7 Å². The highest BCUT2D eigenvalue weighted by atomic mass is 35.5. The normalized spacial score (nSPS) is 10.3. The van der Waals surface area contributed by atoms with Gasteiger partial charge < -0.3 is 17.7 Å². The Morgan fingerprint density at radius 3 is 1.87 bits per heavy atom. The minimum Gasteiger partial charge on any atom is -1.00 e. The Morgan fingerprint density at radius 2 is 1.35 bits per heavy atom. The molecule has 0 radical (unpaired) electrons. The number of unbranched alkanes of at least 4 members (excludes halogenated alkanes) is 9. The van der Waals surface area contributed by atoms with E-state index in [4.69, 9.17) is 0 Å². The summed E-state index contributed by atoms with van der Waals surface area (Å²) in [6.07, 6.45) is 16.1. The molecule has 0 aliphatic carbocycles. The van der Waals surface area contributed by atoms with Crippen LogP contribution in [0.25, 0.3) is 6.08 Å². The van der Waals surface area contributed by atoms with E-state index in [1.54, 1.807) is 0 Å². The van der Waals surface area contributed by atoms with Crippen molar-refractivity contribution in [3.05, 3.63) is 42.0 Å². The number of nitrogens with two attached hydrogens (primary N) is 1. The molecule has 2 N–H and O–H groups in total. The first-order chi connectivity index (χ1) is 10.9. The molecular weight excluding hydrogens is 302 g/mol. The van der Waals surface area contributed by atoms with Crippen LogP contribution in [0.3, 0.4) is 0 Å². The van der Waals surface area contributed by atoms with Crippen LogP contribution in [0.5, 0.6) is 0 Å². The molecule has 0 unspecified atom stereocenters. The molecule has 23 heavy (non-hydrogen) atoms. The molecule has 0 aliphatic rings. The summed E-state index contributed by atoms with van der Waals surface area (Å²) in [7, 11) is 0. The van der Waals surface area contributed by atoms with Crippen molar-refractivity contribution < 1.29 is 17.7 Å². The zero-order chi connectivity index (χ0) is 15.9. The third-order valence-corrected chi connectivity index (χ3v) is 4.36. The van der Waals surface area contributed by atoms with Gasteiger partial charge in [0.05, 0.1) is 6.54 Å². The van der Waals surface area contributed by atoms with Crippen molar-refractivity contribution in [2.24, 2.45) is 0 Å². The second kappa shape index (κ2) is 16.1. The van der Waals surface area contributed by atoms with Crippen LogP contribution in [0.1, 0.15) is 82.3 Å². The molecule has 1 nitrogen and oxygen atoms in total. The second-order valence-corrected chi connectivity index (χ2v) is 6.41. The first-order valence-corrected chi connectivity index (χ1v) is 9.40. The van der Waals surface area contributed by atoms with Gasteiger partial charge >= 0.3 is 0 Å². The van der Waals surface area contributed by atoms with Crippen LogP contribution >= 0.6 is 0 Å². The van der Waals surface area contributed by atoms with Gasteiger partial charge in [0.15, 0.2) is 0 Å². The lowest BCUT2D eigenvalue weighted by Crippen LogP contribution is -3.00. The predicted octanol–water partition coefficient (Wildman–Crippen LogP) is 2.32. The van der Waals surface area contributed by atoms with Crippen molar-refractivity contribution in [1.29, 1.82) is 0 Å². The molecule has 0 spiro atoms. The summed E-state index contributed by atoms with van der Waals surface area (Å²) in [6, 6.07) is 8.73. The van der Waals surface area contributed by atoms with E-state index >= 15 is 0 Å². The zero-order valence-corrected chi connectivity index (χ0v) is 15.8.